The van der Waals surface area contributed by atoms with Crippen molar-refractivity contribution in [1.82, 2.24) is 33.9 Å². The predicted molar refractivity (Wildman–Crippen MR) is 145 cm³/mol. The van der Waals surface area contributed by atoms with E-state index in [-0.39, 0.29) is 34.3 Å². The number of fused-ring (bicyclic) bond motifs is 1. The van der Waals surface area contributed by atoms with Crippen LogP contribution < -0.4 is 10.3 Å². The van der Waals surface area contributed by atoms with Gasteiger partial charge in [-0.25, -0.2) is 23.1 Å². The Bertz CT molecular complexity index is 1450. The van der Waals surface area contributed by atoms with Crippen LogP contribution in [0.15, 0.2) is 22.0 Å². The van der Waals surface area contributed by atoms with Crippen molar-refractivity contribution in [2.24, 2.45) is 0 Å². The van der Waals surface area contributed by atoms with Crippen molar-refractivity contribution >= 4 is 21.1 Å². The minimum Gasteiger partial charge on any atom is -0.477 e. The molecule has 1 fully saturated rings. The van der Waals surface area contributed by atoms with Crippen LogP contribution in [0.1, 0.15) is 45.5 Å². The van der Waals surface area contributed by atoms with E-state index in [4.69, 9.17) is 9.47 Å². The first-order valence-corrected chi connectivity index (χ1v) is 14.7. The molecule has 0 aliphatic carbocycles. The number of hydrogen-bond acceptors (Lipinski definition) is 10. The van der Waals surface area contributed by atoms with Crippen molar-refractivity contribution in [2.75, 3.05) is 53.0 Å². The van der Waals surface area contributed by atoms with Crippen LogP contribution >= 0.6 is 0 Å². The SMILES string of the molecule is CCCCOc1ncc(S(=O)(=O)N2CCN(CC)CC2)cc1-c1nc2c(CC)n(C(O)COC)nc2c(=O)[nH]1. The van der Waals surface area contributed by atoms with Gasteiger partial charge in [-0.3, -0.25) is 4.79 Å². The van der Waals surface area contributed by atoms with E-state index >= 15 is 0 Å². The molecule has 0 amide bonds. The maximum atomic E-state index is 13.5. The van der Waals surface area contributed by atoms with E-state index < -0.39 is 21.8 Å². The zero-order chi connectivity index (χ0) is 28.2. The van der Waals surface area contributed by atoms with Gasteiger partial charge in [0, 0.05) is 33.3 Å². The van der Waals surface area contributed by atoms with Gasteiger partial charge in [0.25, 0.3) is 5.56 Å². The van der Waals surface area contributed by atoms with Crippen LogP contribution in [-0.4, -0.2) is 101 Å². The Morgan fingerprint density at radius 1 is 1.15 bits per heavy atom. The van der Waals surface area contributed by atoms with Gasteiger partial charge in [0.1, 0.15) is 16.2 Å². The van der Waals surface area contributed by atoms with Crippen molar-refractivity contribution in [3.63, 3.8) is 0 Å². The smallest absolute Gasteiger partial charge is 0.279 e. The minimum atomic E-state index is -3.84. The second-order valence-corrected chi connectivity index (χ2v) is 11.3. The van der Waals surface area contributed by atoms with Gasteiger partial charge in [0.15, 0.2) is 11.7 Å². The molecular formula is C25H37N7O6S. The van der Waals surface area contributed by atoms with Crippen molar-refractivity contribution in [2.45, 2.75) is 51.2 Å². The summed E-state index contributed by atoms with van der Waals surface area (Å²) in [6.07, 6.45) is 2.30. The van der Waals surface area contributed by atoms with Gasteiger partial charge in [0.2, 0.25) is 15.9 Å². The number of aliphatic hydroxyl groups is 1. The molecule has 1 atom stereocenters. The van der Waals surface area contributed by atoms with E-state index in [0.29, 0.717) is 50.4 Å². The molecule has 1 aliphatic heterocycles. The number of nitrogens with one attached hydrogen (secondary N) is 1. The normalized spacial score (nSPS) is 16.1. The largest absolute Gasteiger partial charge is 0.477 e. The maximum Gasteiger partial charge on any atom is 0.279 e. The number of likely N-dealkylation sites (N-methyl/N-ethyl adjacent to an activating group) is 1. The number of pyridine rings is 1. The molecule has 214 valence electrons. The number of aliphatic hydroxyl groups excluding tert-OH is 1. The molecule has 0 saturated carbocycles. The van der Waals surface area contributed by atoms with Crippen molar-refractivity contribution < 1.29 is 23.0 Å². The van der Waals surface area contributed by atoms with E-state index in [1.807, 2.05) is 20.8 Å². The number of aromatic nitrogens is 5. The summed E-state index contributed by atoms with van der Waals surface area (Å²) in [4.78, 5) is 27.0. The lowest BCUT2D eigenvalue weighted by Gasteiger charge is -2.33. The van der Waals surface area contributed by atoms with Crippen LogP contribution in [0, 0.1) is 0 Å². The van der Waals surface area contributed by atoms with E-state index in [0.717, 1.165) is 19.4 Å². The fourth-order valence-electron chi connectivity index (χ4n) is 4.57. The van der Waals surface area contributed by atoms with E-state index in [1.165, 1.54) is 28.4 Å². The van der Waals surface area contributed by atoms with Crippen molar-refractivity contribution in [3.8, 4) is 17.3 Å². The lowest BCUT2D eigenvalue weighted by atomic mass is 10.2. The van der Waals surface area contributed by atoms with Crippen LogP contribution in [0.5, 0.6) is 5.88 Å². The van der Waals surface area contributed by atoms with Gasteiger partial charge in [0.05, 0.1) is 30.7 Å². The number of unbranched alkanes of at least 4 members (excludes halogenated alkanes) is 1. The maximum absolute atomic E-state index is 13.5. The predicted octanol–water partition coefficient (Wildman–Crippen LogP) is 1.39. The number of H-pyrrole nitrogens is 1. The Kier molecular flexibility index (Phi) is 9.33. The van der Waals surface area contributed by atoms with Gasteiger partial charge in [-0.15, -0.1) is 0 Å². The summed E-state index contributed by atoms with van der Waals surface area (Å²) in [7, 11) is -2.38. The summed E-state index contributed by atoms with van der Waals surface area (Å²) in [6, 6.07) is 1.45. The van der Waals surface area contributed by atoms with Gasteiger partial charge >= 0.3 is 0 Å². The molecule has 0 radical (unpaired) electrons. The second-order valence-electron chi connectivity index (χ2n) is 9.36. The van der Waals surface area contributed by atoms with Crippen LogP contribution in [0.2, 0.25) is 0 Å². The molecule has 0 aromatic carbocycles. The molecule has 1 saturated heterocycles. The van der Waals surface area contributed by atoms with E-state index in [9.17, 15) is 18.3 Å². The summed E-state index contributed by atoms with van der Waals surface area (Å²) in [5.74, 6) is 0.278. The van der Waals surface area contributed by atoms with Crippen LogP contribution in [-0.2, 0) is 21.2 Å². The number of methoxy groups -OCH3 is 1. The molecule has 2 N–H and O–H groups in total. The summed E-state index contributed by atoms with van der Waals surface area (Å²) >= 11 is 0. The standard InChI is InChI=1S/C25H37N7O6S/c1-5-8-13-38-25-18(14-17(15-26-25)39(35,36)31-11-9-30(7-3)10-12-31)23-27-21-19(6-2)32(20(33)16-37-4)29-22(21)24(34)28-23/h14-15,20,33H,5-13,16H2,1-4H3,(H,27,28,34). The first kappa shape index (κ1) is 29.1. The topological polar surface area (TPSA) is 156 Å². The molecule has 13 nitrogen and oxygen atoms in total. The number of aryl methyl sites for hydroxylation is 1. The number of rotatable bonds is 12. The van der Waals surface area contributed by atoms with Gasteiger partial charge in [-0.05, 0) is 25.5 Å². The third-order valence-electron chi connectivity index (χ3n) is 6.82. The quantitative estimate of drug-likeness (QED) is 0.309. The van der Waals surface area contributed by atoms with Crippen molar-refractivity contribution in [3.05, 3.63) is 28.3 Å². The summed E-state index contributed by atoms with van der Waals surface area (Å²) < 4.78 is 40.8. The highest BCUT2D eigenvalue weighted by atomic mass is 32.2. The fraction of sp³-hybridized carbons (Fsp3) is 0.600. The number of piperazine rings is 1. The number of sulfonamides is 1. The first-order valence-electron chi connectivity index (χ1n) is 13.3. The molecule has 0 bridgehead atoms. The Morgan fingerprint density at radius 3 is 2.54 bits per heavy atom. The second kappa shape index (κ2) is 12.5. The highest BCUT2D eigenvalue weighted by Crippen LogP contribution is 2.30. The lowest BCUT2D eigenvalue weighted by molar-refractivity contribution is 0.00722. The van der Waals surface area contributed by atoms with Crippen molar-refractivity contribution in [1.29, 1.82) is 0 Å². The van der Waals surface area contributed by atoms with Crippen LogP contribution in [0.3, 0.4) is 0 Å². The average Bonchev–Trinajstić information content (AvgIpc) is 3.33. The third kappa shape index (κ3) is 5.99. The Hall–Kier alpha value is -2.91. The number of nitrogens with zero attached hydrogens (tertiary/aromatic N) is 6. The highest BCUT2D eigenvalue weighted by molar-refractivity contribution is 7.89. The molecule has 0 spiro atoms. The summed E-state index contributed by atoms with van der Waals surface area (Å²) in [5.41, 5.74) is 0.627. The molecule has 3 aromatic rings. The lowest BCUT2D eigenvalue weighted by Crippen LogP contribution is -2.48. The molecule has 4 rings (SSSR count). The molecule has 1 unspecified atom stereocenters. The number of ether oxygens (including phenoxy) is 2. The van der Waals surface area contributed by atoms with E-state index in [2.05, 4.69) is 25.0 Å². The first-order chi connectivity index (χ1) is 18.7. The summed E-state index contributed by atoms with van der Waals surface area (Å²) in [6.45, 7) is 9.22. The Labute approximate surface area is 227 Å². The third-order valence-corrected chi connectivity index (χ3v) is 8.68. The van der Waals surface area contributed by atoms with Gasteiger partial charge < -0.3 is 24.5 Å². The van der Waals surface area contributed by atoms with E-state index in [1.54, 1.807) is 0 Å². The highest BCUT2D eigenvalue weighted by Gasteiger charge is 2.30. The van der Waals surface area contributed by atoms with Crippen LogP contribution in [0.4, 0.5) is 0 Å². The molecule has 39 heavy (non-hydrogen) atoms. The van der Waals surface area contributed by atoms with Crippen LogP contribution in [0.25, 0.3) is 22.4 Å². The number of hydrogen-bond donors (Lipinski definition) is 2. The summed E-state index contributed by atoms with van der Waals surface area (Å²) in [5, 5.41) is 14.8. The Balaban J connectivity index is 1.82. The zero-order valence-electron chi connectivity index (χ0n) is 22.9. The molecule has 4 heterocycles. The monoisotopic (exact) mass is 563 g/mol. The zero-order valence-corrected chi connectivity index (χ0v) is 23.7. The van der Waals surface area contributed by atoms with Gasteiger partial charge in [-0.1, -0.05) is 27.2 Å². The number of aromatic amines is 1. The average molecular weight is 564 g/mol. The molecule has 14 heteroatoms. The molecular weight excluding hydrogens is 526 g/mol. The molecule has 3 aromatic heterocycles. The fourth-order valence-corrected chi connectivity index (χ4v) is 5.96. The van der Waals surface area contributed by atoms with Gasteiger partial charge in [-0.2, -0.15) is 9.40 Å². The molecule has 1 aliphatic rings. The minimum absolute atomic E-state index is 0.00466. The Morgan fingerprint density at radius 2 is 1.90 bits per heavy atom.